The number of carbonyl (C=O) groups excluding carboxylic acids is 1. The van der Waals surface area contributed by atoms with E-state index in [1.807, 2.05) is 66.7 Å². The van der Waals surface area contributed by atoms with Crippen LogP contribution in [0.5, 0.6) is 0 Å². The van der Waals surface area contributed by atoms with Gasteiger partial charge >= 0.3 is 0 Å². The van der Waals surface area contributed by atoms with Crippen LogP contribution in [-0.2, 0) is 4.79 Å². The molecule has 2 heterocycles. The van der Waals surface area contributed by atoms with Crippen LogP contribution in [0.25, 0.3) is 16.3 Å². The van der Waals surface area contributed by atoms with Crippen molar-refractivity contribution >= 4 is 67.0 Å². The van der Waals surface area contributed by atoms with Gasteiger partial charge in [-0.25, -0.2) is 4.98 Å². The van der Waals surface area contributed by atoms with E-state index in [4.69, 9.17) is 12.2 Å². The molecule has 1 N–H and O–H groups in total. The van der Waals surface area contributed by atoms with Crippen LogP contribution >= 0.6 is 35.3 Å². The SMILES string of the molecule is O=C1/C(=C/C=C/c2ccccc2)SC(=S)N1Nc1nc2ccccc2s1. The number of aromatic nitrogens is 1. The van der Waals surface area contributed by atoms with Gasteiger partial charge in [-0.05, 0) is 36.0 Å². The first-order valence-corrected chi connectivity index (χ1v) is 9.87. The largest absolute Gasteiger partial charge is 0.285 e. The molecule has 3 aromatic rings. The molecule has 0 saturated carbocycles. The monoisotopic (exact) mass is 395 g/mol. The molecule has 4 rings (SSSR count). The van der Waals surface area contributed by atoms with Gasteiger partial charge in [-0.2, -0.15) is 5.01 Å². The van der Waals surface area contributed by atoms with Crippen molar-refractivity contribution in [2.75, 3.05) is 5.43 Å². The maximum atomic E-state index is 12.6. The van der Waals surface area contributed by atoms with Crippen LogP contribution in [0.4, 0.5) is 5.13 Å². The van der Waals surface area contributed by atoms with Gasteiger partial charge in [-0.15, -0.1) is 0 Å². The normalized spacial score (nSPS) is 16.3. The number of amides is 1. The maximum absolute atomic E-state index is 12.6. The average molecular weight is 396 g/mol. The van der Waals surface area contributed by atoms with Crippen LogP contribution < -0.4 is 5.43 Å². The second-order valence-electron chi connectivity index (χ2n) is 5.41. The number of thioether (sulfide) groups is 1. The molecule has 1 fully saturated rings. The van der Waals surface area contributed by atoms with Crippen LogP contribution in [0.3, 0.4) is 0 Å². The first-order valence-electron chi connectivity index (χ1n) is 7.82. The van der Waals surface area contributed by atoms with E-state index in [1.54, 1.807) is 6.08 Å². The molecule has 0 spiro atoms. The Morgan fingerprint density at radius 3 is 2.65 bits per heavy atom. The fraction of sp³-hybridized carbons (Fsp3) is 0. The lowest BCUT2D eigenvalue weighted by molar-refractivity contribution is -0.121. The fourth-order valence-corrected chi connectivity index (χ4v) is 4.39. The number of allylic oxidation sites excluding steroid dienone is 2. The number of nitrogens with zero attached hydrogens (tertiary/aromatic N) is 2. The van der Waals surface area contributed by atoms with Crippen molar-refractivity contribution in [3.8, 4) is 0 Å². The minimum absolute atomic E-state index is 0.169. The topological polar surface area (TPSA) is 45.2 Å². The average Bonchev–Trinajstić information content (AvgIpc) is 3.18. The number of thiazole rings is 1. The Kier molecular flexibility index (Phi) is 4.83. The summed E-state index contributed by atoms with van der Waals surface area (Å²) in [5.74, 6) is -0.169. The second kappa shape index (κ2) is 7.41. The van der Waals surface area contributed by atoms with Gasteiger partial charge in [-0.3, -0.25) is 10.2 Å². The predicted molar refractivity (Wildman–Crippen MR) is 114 cm³/mol. The number of anilines is 1. The van der Waals surface area contributed by atoms with Crippen molar-refractivity contribution < 1.29 is 4.79 Å². The van der Waals surface area contributed by atoms with Crippen molar-refractivity contribution in [2.45, 2.75) is 0 Å². The molecule has 0 unspecified atom stereocenters. The third kappa shape index (κ3) is 3.55. The highest BCUT2D eigenvalue weighted by Gasteiger charge is 2.32. The lowest BCUT2D eigenvalue weighted by Gasteiger charge is -2.14. The van der Waals surface area contributed by atoms with Crippen molar-refractivity contribution in [2.24, 2.45) is 0 Å². The van der Waals surface area contributed by atoms with Crippen molar-refractivity contribution in [1.29, 1.82) is 0 Å². The minimum Gasteiger partial charge on any atom is -0.266 e. The molecule has 1 amide bonds. The summed E-state index contributed by atoms with van der Waals surface area (Å²) >= 11 is 8.10. The molecule has 1 saturated heterocycles. The standard InChI is InChI=1S/C19H13N3OS3/c23-17-16(12-6-9-13-7-2-1-3-8-13)26-19(24)22(17)21-18-20-14-10-4-5-11-15(14)25-18/h1-12H,(H,20,21)/b9-6+,16-12-. The number of nitrogens with one attached hydrogen (secondary N) is 1. The first-order chi connectivity index (χ1) is 12.7. The number of para-hydroxylation sites is 1. The molecule has 1 aliphatic rings. The molecule has 2 aromatic carbocycles. The van der Waals surface area contributed by atoms with E-state index in [9.17, 15) is 4.79 Å². The third-order valence-electron chi connectivity index (χ3n) is 3.63. The zero-order valence-corrected chi connectivity index (χ0v) is 15.9. The van der Waals surface area contributed by atoms with Gasteiger partial charge in [0.25, 0.3) is 5.91 Å². The highest BCUT2D eigenvalue weighted by molar-refractivity contribution is 8.26. The number of hydrogen-bond acceptors (Lipinski definition) is 6. The van der Waals surface area contributed by atoms with Crippen molar-refractivity contribution in [3.05, 3.63) is 77.2 Å². The van der Waals surface area contributed by atoms with Gasteiger partial charge in [0, 0.05) is 0 Å². The Bertz CT molecular complexity index is 1010. The number of fused-ring (bicyclic) bond motifs is 1. The molecule has 4 nitrogen and oxygen atoms in total. The lowest BCUT2D eigenvalue weighted by Crippen LogP contribution is -2.33. The van der Waals surface area contributed by atoms with E-state index in [-0.39, 0.29) is 5.91 Å². The smallest absolute Gasteiger partial charge is 0.266 e. The summed E-state index contributed by atoms with van der Waals surface area (Å²) in [6.45, 7) is 0. The second-order valence-corrected chi connectivity index (χ2v) is 8.11. The third-order valence-corrected chi connectivity index (χ3v) is 5.89. The summed E-state index contributed by atoms with van der Waals surface area (Å²) in [4.78, 5) is 17.7. The molecule has 0 aliphatic carbocycles. The molecule has 7 heteroatoms. The van der Waals surface area contributed by atoms with Crippen LogP contribution in [-0.4, -0.2) is 20.2 Å². The molecule has 1 aliphatic heterocycles. The molecule has 0 bridgehead atoms. The molecular weight excluding hydrogens is 382 g/mol. The lowest BCUT2D eigenvalue weighted by atomic mass is 10.2. The predicted octanol–water partition coefficient (Wildman–Crippen LogP) is 5.08. The molecule has 26 heavy (non-hydrogen) atoms. The summed E-state index contributed by atoms with van der Waals surface area (Å²) in [5.41, 5.74) is 5.00. The Hall–Kier alpha value is -2.48. The number of thiocarbonyl (C=S) groups is 1. The van der Waals surface area contributed by atoms with E-state index >= 15 is 0 Å². The van der Waals surface area contributed by atoms with Gasteiger partial charge in [0.1, 0.15) is 0 Å². The number of rotatable bonds is 4. The summed E-state index contributed by atoms with van der Waals surface area (Å²) < 4.78 is 1.52. The number of carbonyl (C=O) groups is 1. The van der Waals surface area contributed by atoms with Crippen molar-refractivity contribution in [3.63, 3.8) is 0 Å². The van der Waals surface area contributed by atoms with Crippen LogP contribution in [0.15, 0.2) is 71.7 Å². The van der Waals surface area contributed by atoms with E-state index in [1.165, 1.54) is 28.1 Å². The Labute approximate surface area is 164 Å². The van der Waals surface area contributed by atoms with Gasteiger partial charge in [-0.1, -0.05) is 77.7 Å². The summed E-state index contributed by atoms with van der Waals surface area (Å²) in [5, 5.41) is 2.02. The highest BCUT2D eigenvalue weighted by Crippen LogP contribution is 2.33. The minimum atomic E-state index is -0.169. The van der Waals surface area contributed by atoms with Crippen LogP contribution in [0.2, 0.25) is 0 Å². The van der Waals surface area contributed by atoms with Gasteiger partial charge < -0.3 is 0 Å². The molecule has 128 valence electrons. The molecule has 0 radical (unpaired) electrons. The van der Waals surface area contributed by atoms with Gasteiger partial charge in [0.05, 0.1) is 15.1 Å². The van der Waals surface area contributed by atoms with Gasteiger partial charge in [0.2, 0.25) is 5.13 Å². The van der Waals surface area contributed by atoms with E-state index < -0.39 is 0 Å². The molecule has 1 aromatic heterocycles. The Balaban J connectivity index is 1.50. The zero-order chi connectivity index (χ0) is 17.9. The molecule has 0 atom stereocenters. The Morgan fingerprint density at radius 2 is 1.85 bits per heavy atom. The van der Waals surface area contributed by atoms with Gasteiger partial charge in [0.15, 0.2) is 4.32 Å². The van der Waals surface area contributed by atoms with Crippen LogP contribution in [0, 0.1) is 0 Å². The summed E-state index contributed by atoms with van der Waals surface area (Å²) in [6, 6.07) is 17.8. The number of hydrogen-bond donors (Lipinski definition) is 1. The fourth-order valence-electron chi connectivity index (χ4n) is 2.40. The summed E-state index contributed by atoms with van der Waals surface area (Å²) in [6.07, 6.45) is 5.60. The number of benzene rings is 2. The maximum Gasteiger partial charge on any atom is 0.285 e. The van der Waals surface area contributed by atoms with E-state index in [0.29, 0.717) is 14.4 Å². The zero-order valence-electron chi connectivity index (χ0n) is 13.5. The summed E-state index contributed by atoms with van der Waals surface area (Å²) in [7, 11) is 0. The van der Waals surface area contributed by atoms with Crippen LogP contribution in [0.1, 0.15) is 5.56 Å². The quantitative estimate of drug-likeness (QED) is 0.493. The number of hydrazine groups is 1. The van der Waals surface area contributed by atoms with Crippen molar-refractivity contribution in [1.82, 2.24) is 9.99 Å². The van der Waals surface area contributed by atoms with E-state index in [0.717, 1.165) is 15.8 Å². The highest BCUT2D eigenvalue weighted by atomic mass is 32.2. The Morgan fingerprint density at radius 1 is 1.08 bits per heavy atom. The molecular formula is C19H13N3OS3. The first kappa shape index (κ1) is 17.0. The van der Waals surface area contributed by atoms with E-state index in [2.05, 4.69) is 10.4 Å².